The van der Waals surface area contributed by atoms with E-state index < -0.39 is 95.8 Å². The third-order valence-electron chi connectivity index (χ3n) is 10.3. The molecule has 2 saturated carbocycles. The Labute approximate surface area is 283 Å². The molecule has 0 aromatic rings. The minimum absolute atomic E-state index is 0.0261. The molecule has 2 N–H and O–H groups in total. The fourth-order valence-electron chi connectivity index (χ4n) is 6.42. The first-order chi connectivity index (χ1) is 22.3. The lowest BCUT2D eigenvalue weighted by Crippen LogP contribution is -2.70. The van der Waals surface area contributed by atoms with Gasteiger partial charge in [0.2, 0.25) is 0 Å². The highest BCUT2D eigenvalue weighted by atomic mass is 19.4. The zero-order valence-corrected chi connectivity index (χ0v) is 28.6. The van der Waals surface area contributed by atoms with Crippen LogP contribution in [0.3, 0.4) is 0 Å². The summed E-state index contributed by atoms with van der Waals surface area (Å²) in [6, 6.07) is 0. The topological polar surface area (TPSA) is 93.1 Å². The molecular weight excluding hydrogens is 741 g/mol. The molecule has 0 spiro atoms. The molecular formula is C30H41F15O6. The van der Waals surface area contributed by atoms with Crippen LogP contribution in [0.25, 0.3) is 0 Å². The summed E-state index contributed by atoms with van der Waals surface area (Å²) >= 11 is 0. The van der Waals surface area contributed by atoms with Crippen molar-refractivity contribution >= 4 is 11.9 Å². The molecule has 0 amide bonds. The second-order valence-corrected chi connectivity index (χ2v) is 14.3. The van der Waals surface area contributed by atoms with Gasteiger partial charge in [-0.2, -0.15) is 65.9 Å². The zero-order chi connectivity index (χ0) is 40.9. The van der Waals surface area contributed by atoms with Crippen LogP contribution in [0.1, 0.15) is 81.1 Å². The highest BCUT2D eigenvalue weighted by molar-refractivity contribution is 5.78. The van der Waals surface area contributed by atoms with Gasteiger partial charge < -0.3 is 19.7 Å². The van der Waals surface area contributed by atoms with Crippen LogP contribution >= 0.6 is 0 Å². The Morgan fingerprint density at radius 3 is 1.43 bits per heavy atom. The van der Waals surface area contributed by atoms with Crippen LogP contribution < -0.4 is 0 Å². The number of aliphatic hydroxyl groups is 2. The van der Waals surface area contributed by atoms with Gasteiger partial charge in [-0.25, -0.2) is 0 Å². The number of halogens is 15. The fourth-order valence-corrected chi connectivity index (χ4v) is 6.42. The first-order valence-electron chi connectivity index (χ1n) is 15.5. The van der Waals surface area contributed by atoms with Crippen LogP contribution in [0.5, 0.6) is 0 Å². The van der Waals surface area contributed by atoms with Gasteiger partial charge in [-0.05, 0) is 76.0 Å². The van der Waals surface area contributed by atoms with E-state index in [4.69, 9.17) is 4.74 Å². The molecule has 6 nitrogen and oxygen atoms in total. The Kier molecular flexibility index (Phi) is 13.4. The number of hydrogen-bond donors (Lipinski definition) is 2. The summed E-state index contributed by atoms with van der Waals surface area (Å²) in [6.07, 6.45) is -33.4. The van der Waals surface area contributed by atoms with Crippen LogP contribution in [0.2, 0.25) is 0 Å². The molecule has 7 unspecified atom stereocenters. The van der Waals surface area contributed by atoms with E-state index in [1.807, 2.05) is 13.8 Å². The zero-order valence-electron chi connectivity index (χ0n) is 28.6. The second-order valence-electron chi connectivity index (χ2n) is 14.3. The quantitative estimate of drug-likeness (QED) is 0.180. The number of alkyl halides is 15. The maximum Gasteiger partial charge on any atom is 0.430 e. The molecule has 0 heterocycles. The predicted molar refractivity (Wildman–Crippen MR) is 146 cm³/mol. The molecule has 2 fully saturated rings. The summed E-state index contributed by atoms with van der Waals surface area (Å²) in [5.74, 6) is -4.20. The van der Waals surface area contributed by atoms with Gasteiger partial charge in [-0.15, -0.1) is 0 Å². The van der Waals surface area contributed by atoms with Crippen molar-refractivity contribution in [2.75, 3.05) is 0 Å². The molecule has 0 saturated heterocycles. The smallest absolute Gasteiger partial charge is 0.430 e. The van der Waals surface area contributed by atoms with E-state index >= 15 is 0 Å². The van der Waals surface area contributed by atoms with Gasteiger partial charge >= 0.3 is 42.8 Å². The average Bonchev–Trinajstić information content (AvgIpc) is 3.47. The van der Waals surface area contributed by atoms with Crippen molar-refractivity contribution in [2.24, 2.45) is 40.9 Å². The lowest BCUT2D eigenvalue weighted by atomic mass is 9.75. The molecule has 2 bridgehead atoms. The number of ether oxygens (including phenoxy) is 2. The van der Waals surface area contributed by atoms with Gasteiger partial charge in [-0.1, -0.05) is 34.6 Å². The Morgan fingerprint density at radius 2 is 1.14 bits per heavy atom. The molecule has 2 rings (SSSR count). The van der Waals surface area contributed by atoms with Crippen molar-refractivity contribution in [1.82, 2.24) is 0 Å². The van der Waals surface area contributed by atoms with Crippen LogP contribution in [0.15, 0.2) is 0 Å². The Hall–Kier alpha value is -2.19. The maximum atomic E-state index is 13.2. The summed E-state index contributed by atoms with van der Waals surface area (Å²) in [5.41, 5.74) is -17.8. The van der Waals surface area contributed by atoms with Crippen molar-refractivity contribution in [2.45, 2.75) is 135 Å². The van der Waals surface area contributed by atoms with Crippen molar-refractivity contribution in [3.63, 3.8) is 0 Å². The molecule has 0 radical (unpaired) electrons. The van der Waals surface area contributed by atoms with E-state index in [-0.39, 0.29) is 38.5 Å². The van der Waals surface area contributed by atoms with Gasteiger partial charge in [-0.3, -0.25) is 9.59 Å². The van der Waals surface area contributed by atoms with Crippen LogP contribution in [0, 0.1) is 40.9 Å². The van der Waals surface area contributed by atoms with E-state index in [0.29, 0.717) is 12.3 Å². The van der Waals surface area contributed by atoms with Crippen molar-refractivity contribution in [3.05, 3.63) is 0 Å². The molecule has 2 aliphatic carbocycles. The third-order valence-corrected chi connectivity index (χ3v) is 10.3. The van der Waals surface area contributed by atoms with Crippen LogP contribution in [0.4, 0.5) is 65.9 Å². The number of fused-ring (bicyclic) bond motifs is 2. The SMILES string of the molecule is CC(C)CC(OC(=O)C1CC2CC1C(C)C2C)C(O)(C(F)(F)F)C(F)(F)F.CCC(C)(C(=O)OC(C)(C)C(O)(C(F)(F)F)C(F)(F)F)C(F)(F)F. The van der Waals surface area contributed by atoms with Gasteiger partial charge in [0.05, 0.1) is 5.92 Å². The highest BCUT2D eigenvalue weighted by Gasteiger charge is 2.79. The van der Waals surface area contributed by atoms with Crippen molar-refractivity contribution in [1.29, 1.82) is 0 Å². The van der Waals surface area contributed by atoms with E-state index in [0.717, 1.165) is 13.3 Å². The maximum absolute atomic E-state index is 13.2. The van der Waals surface area contributed by atoms with E-state index in [1.54, 1.807) is 0 Å². The van der Waals surface area contributed by atoms with Gasteiger partial charge in [0.25, 0.3) is 11.2 Å². The van der Waals surface area contributed by atoms with E-state index in [1.165, 1.54) is 13.8 Å². The number of rotatable bonds is 9. The Balaban J connectivity index is 0.000000515. The molecule has 7 atom stereocenters. The number of carbonyl (C=O) groups excluding carboxylic acids is 2. The fraction of sp³-hybridized carbons (Fsp3) is 0.933. The highest BCUT2D eigenvalue weighted by Crippen LogP contribution is 2.56. The average molecular weight is 783 g/mol. The summed E-state index contributed by atoms with van der Waals surface area (Å²) in [5, 5.41) is 18.9. The molecule has 302 valence electrons. The Morgan fingerprint density at radius 1 is 0.706 bits per heavy atom. The first kappa shape index (κ1) is 46.8. The first-order valence-corrected chi connectivity index (χ1v) is 15.5. The standard InChI is InChI=1S/C18H26F6O3.C12H15F9O3/c1-8(2)5-14(16(26,17(19,20)21)18(22,23)24)27-15(25)13-7-11-6-12(13)10(4)9(11)3;1-5-8(4,10(13,14)15)6(22)24-7(2,3)9(23,11(16,17)18)12(19,20)21/h8-14,26H,5-7H2,1-4H3;23H,5H2,1-4H3. The molecule has 0 aromatic heterocycles. The largest absolute Gasteiger partial charge is 0.458 e. The number of hydrogen-bond acceptors (Lipinski definition) is 6. The third kappa shape index (κ3) is 8.63. The van der Waals surface area contributed by atoms with Crippen LogP contribution in [-0.4, -0.2) is 75.9 Å². The predicted octanol–water partition coefficient (Wildman–Crippen LogP) is 8.87. The summed E-state index contributed by atoms with van der Waals surface area (Å²) in [6.45, 7) is 7.93. The lowest BCUT2D eigenvalue weighted by Gasteiger charge is -2.44. The monoisotopic (exact) mass is 782 g/mol. The van der Waals surface area contributed by atoms with Crippen molar-refractivity contribution < 1.29 is 95.1 Å². The number of carbonyl (C=O) groups is 2. The lowest BCUT2D eigenvalue weighted by molar-refractivity contribution is -0.408. The van der Waals surface area contributed by atoms with Gasteiger partial charge in [0.1, 0.15) is 6.10 Å². The summed E-state index contributed by atoms with van der Waals surface area (Å²) in [4.78, 5) is 24.2. The normalized spacial score (nSPS) is 25.6. The minimum Gasteiger partial charge on any atom is -0.458 e. The van der Waals surface area contributed by atoms with E-state index in [2.05, 4.69) is 4.74 Å². The molecule has 0 aromatic carbocycles. The second kappa shape index (κ2) is 14.6. The van der Waals surface area contributed by atoms with Crippen molar-refractivity contribution in [3.8, 4) is 0 Å². The summed E-state index contributed by atoms with van der Waals surface area (Å²) in [7, 11) is 0. The molecule has 2 aliphatic rings. The van der Waals surface area contributed by atoms with Gasteiger partial charge in [0.15, 0.2) is 11.0 Å². The molecule has 0 aliphatic heterocycles. The number of esters is 2. The molecule has 51 heavy (non-hydrogen) atoms. The summed E-state index contributed by atoms with van der Waals surface area (Å²) < 4.78 is 203. The Bertz CT molecular complexity index is 1190. The minimum atomic E-state index is -6.37. The van der Waals surface area contributed by atoms with Crippen LogP contribution in [-0.2, 0) is 19.1 Å². The van der Waals surface area contributed by atoms with Gasteiger partial charge in [0, 0.05) is 0 Å². The van der Waals surface area contributed by atoms with E-state index in [9.17, 15) is 85.7 Å². The molecule has 21 heteroatoms.